The van der Waals surface area contributed by atoms with E-state index in [1.807, 2.05) is 42.5 Å². The van der Waals surface area contributed by atoms with Gasteiger partial charge in [0.15, 0.2) is 34.9 Å². The third-order valence-electron chi connectivity index (χ3n) is 24.0. The van der Waals surface area contributed by atoms with Crippen molar-refractivity contribution in [1.29, 1.82) is 0 Å². The molecule has 2 spiro atoms. The van der Waals surface area contributed by atoms with Crippen LogP contribution in [0.1, 0.15) is 44.5 Å². The number of para-hydroxylation sites is 4. The molecule has 0 amide bonds. The van der Waals surface area contributed by atoms with E-state index in [2.05, 4.69) is 358 Å². The Labute approximate surface area is 669 Å². The van der Waals surface area contributed by atoms with Crippen molar-refractivity contribution in [2.24, 2.45) is 0 Å². The molecule has 20 aromatic rings. The molecule has 8 nitrogen and oxygen atoms in total. The number of hydrogen-bond donors (Lipinski definition) is 0. The molecule has 24 rings (SSSR count). The minimum atomic E-state index is -0.595. The van der Waals surface area contributed by atoms with E-state index in [4.69, 9.17) is 39.4 Å². The summed E-state index contributed by atoms with van der Waals surface area (Å²) in [6.45, 7) is 0. The average molecular weight is 1480 g/mol. The van der Waals surface area contributed by atoms with Crippen LogP contribution in [0.25, 0.3) is 156 Å². The maximum absolute atomic E-state index is 6.59. The smallest absolute Gasteiger partial charge is 0.164 e. The molecule has 18 aromatic carbocycles. The second-order valence-corrected chi connectivity index (χ2v) is 30.2. The highest BCUT2D eigenvalue weighted by Gasteiger charge is 2.53. The number of hydrogen-bond acceptors (Lipinski definition) is 8. The van der Waals surface area contributed by atoms with Crippen molar-refractivity contribution < 1.29 is 9.47 Å². The Kier molecular flexibility index (Phi) is 15.3. The number of nitrogens with zero attached hydrogens (tertiary/aromatic N) is 6. The maximum atomic E-state index is 6.59. The lowest BCUT2D eigenvalue weighted by Gasteiger charge is -2.39. The summed E-state index contributed by atoms with van der Waals surface area (Å²) in [5, 5.41) is 9.51. The summed E-state index contributed by atoms with van der Waals surface area (Å²) in [4.78, 5) is 31.6. The van der Waals surface area contributed by atoms with E-state index in [0.29, 0.717) is 34.9 Å². The lowest BCUT2D eigenvalue weighted by molar-refractivity contribution is 0.436. The van der Waals surface area contributed by atoms with Gasteiger partial charge in [-0.2, -0.15) is 0 Å². The van der Waals surface area contributed by atoms with E-state index in [1.54, 1.807) is 0 Å². The third kappa shape index (κ3) is 10.5. The second kappa shape index (κ2) is 26.7. The number of rotatable bonds is 8. The largest absolute Gasteiger partial charge is 0.457 e. The van der Waals surface area contributed by atoms with Crippen molar-refractivity contribution in [3.63, 3.8) is 0 Å². The Hall–Kier alpha value is -15.4. The molecule has 4 aliphatic rings. The first-order chi connectivity index (χ1) is 57.5. The van der Waals surface area contributed by atoms with Crippen molar-refractivity contribution in [1.82, 2.24) is 29.9 Å². The molecule has 2 aliphatic heterocycles. The molecule has 2 aromatic heterocycles. The zero-order chi connectivity index (χ0) is 76.4. The van der Waals surface area contributed by atoms with Crippen molar-refractivity contribution >= 4 is 43.1 Å². The summed E-state index contributed by atoms with van der Waals surface area (Å²) in [6, 6.07) is 142. The first-order valence-electron chi connectivity index (χ1n) is 39.4. The van der Waals surface area contributed by atoms with Crippen LogP contribution in [0.15, 0.2) is 400 Å². The van der Waals surface area contributed by atoms with Crippen LogP contribution in [0.3, 0.4) is 0 Å². The Morgan fingerprint density at radius 2 is 0.448 bits per heavy atom. The number of benzene rings is 18. The molecule has 4 heterocycles. The minimum Gasteiger partial charge on any atom is -0.457 e. The van der Waals surface area contributed by atoms with Crippen molar-refractivity contribution in [2.75, 3.05) is 0 Å². The summed E-state index contributed by atoms with van der Waals surface area (Å²) < 4.78 is 13.2. The Morgan fingerprint density at radius 3 is 0.922 bits per heavy atom. The second-order valence-electron chi connectivity index (χ2n) is 30.2. The van der Waals surface area contributed by atoms with E-state index in [1.165, 1.54) is 65.9 Å². The van der Waals surface area contributed by atoms with Crippen LogP contribution >= 0.6 is 0 Å². The van der Waals surface area contributed by atoms with Crippen molar-refractivity contribution in [3.05, 3.63) is 445 Å². The summed E-state index contributed by atoms with van der Waals surface area (Å²) in [6.07, 6.45) is 0. The molecule has 0 radical (unpaired) electrons. The van der Waals surface area contributed by atoms with Gasteiger partial charge in [-0.15, -0.1) is 0 Å². The fourth-order valence-corrected chi connectivity index (χ4v) is 18.8. The molecular weight excluding hydrogens is 1410 g/mol. The molecule has 0 saturated carbocycles. The SMILES string of the molecule is c1ccc(-c2nc(-c3ccc4cc(-c5ccc6ccccc6c5)ccc4c3)nc(-c3cccc4c3-c3ccccc3C43c4ccccc4Oc4ccccc43)n2)cc1.c1ccc2c(c1)Oc1ccccc1C21c2ccccc2-c2c(-c3nc(-c4ccc(-c5cccc6ccccc56)cc4)nc(-c4ccc5ccccc5c4)n3)cccc21. The molecule has 116 heavy (non-hydrogen) atoms. The fraction of sp³-hybridized carbons (Fsp3) is 0.0185. The number of fused-ring (bicyclic) bond motifs is 22. The van der Waals surface area contributed by atoms with Gasteiger partial charge in [-0.05, 0) is 158 Å². The molecule has 0 atom stereocenters. The van der Waals surface area contributed by atoms with Crippen LogP contribution in [0, 0.1) is 0 Å². The monoisotopic (exact) mass is 1480 g/mol. The Balaban J connectivity index is 0.000000137. The fourth-order valence-electron chi connectivity index (χ4n) is 18.8. The highest BCUT2D eigenvalue weighted by molar-refractivity contribution is 6.01. The van der Waals surface area contributed by atoms with Gasteiger partial charge in [-0.1, -0.05) is 352 Å². The van der Waals surface area contributed by atoms with Gasteiger partial charge in [0, 0.05) is 55.6 Å². The van der Waals surface area contributed by atoms with Crippen LogP contribution in [-0.2, 0) is 10.8 Å². The zero-order valence-electron chi connectivity index (χ0n) is 62.6. The molecular formula is C108H66N6O2. The summed E-state index contributed by atoms with van der Waals surface area (Å²) >= 11 is 0. The first kappa shape index (κ1) is 66.4. The van der Waals surface area contributed by atoms with Gasteiger partial charge in [-0.3, -0.25) is 0 Å². The lowest BCUT2D eigenvalue weighted by Crippen LogP contribution is -2.32. The van der Waals surface area contributed by atoms with Gasteiger partial charge in [0.2, 0.25) is 0 Å². The maximum Gasteiger partial charge on any atom is 0.164 e. The van der Waals surface area contributed by atoms with Gasteiger partial charge in [0.25, 0.3) is 0 Å². The van der Waals surface area contributed by atoms with Crippen LogP contribution in [0.5, 0.6) is 23.0 Å². The number of ether oxygens (including phenoxy) is 2. The van der Waals surface area contributed by atoms with E-state index in [0.717, 1.165) is 123 Å². The van der Waals surface area contributed by atoms with Gasteiger partial charge in [0.1, 0.15) is 23.0 Å². The van der Waals surface area contributed by atoms with E-state index in [-0.39, 0.29) is 0 Å². The van der Waals surface area contributed by atoms with Crippen LogP contribution in [-0.4, -0.2) is 29.9 Å². The zero-order valence-corrected chi connectivity index (χ0v) is 62.6. The molecule has 2 aliphatic carbocycles. The standard InChI is InChI=1S/2C54H33N3O/c1-2-15-38-33-39(32-27-34(38)13-1)52-55-51(37-30-28-36(29-31-37)41-19-11-16-35-14-3-4-17-40(35)41)56-53(57-52)43-20-12-24-47-50(43)42-18-5-6-21-44(42)54(47)45-22-7-9-25-48(45)58-49-26-10-8-23-46(49)54;1-2-14-35(15-3-1)51-55-52(41-30-29-39-32-38(27-28-40(39)33-41)37-26-25-34-13-4-5-16-36(34)31-37)57-53(56-51)43-18-12-22-47-50(43)42-17-6-7-19-44(42)54(47)45-20-8-10-23-48(45)58-49-24-11-9-21-46(49)54/h2*1-33H. The van der Waals surface area contributed by atoms with Crippen molar-refractivity contribution in [2.45, 2.75) is 10.8 Å². The molecule has 0 unspecified atom stereocenters. The van der Waals surface area contributed by atoms with Gasteiger partial charge < -0.3 is 9.47 Å². The molecule has 8 heteroatoms. The first-order valence-corrected chi connectivity index (χ1v) is 39.4. The van der Waals surface area contributed by atoms with E-state index in [9.17, 15) is 0 Å². The Bertz CT molecular complexity index is 7340. The van der Waals surface area contributed by atoms with Gasteiger partial charge >= 0.3 is 0 Å². The quantitative estimate of drug-likeness (QED) is 0.148. The predicted octanol–water partition coefficient (Wildman–Crippen LogP) is 26.6. The highest BCUT2D eigenvalue weighted by Crippen LogP contribution is 2.65. The third-order valence-corrected chi connectivity index (χ3v) is 24.0. The molecule has 0 fully saturated rings. The minimum absolute atomic E-state index is 0.588. The predicted molar refractivity (Wildman–Crippen MR) is 468 cm³/mol. The number of aromatic nitrogens is 6. The van der Waals surface area contributed by atoms with E-state index < -0.39 is 10.8 Å². The Morgan fingerprint density at radius 1 is 0.164 bits per heavy atom. The molecule has 540 valence electrons. The topological polar surface area (TPSA) is 95.8 Å². The summed E-state index contributed by atoms with van der Waals surface area (Å²) in [5.74, 6) is 7.23. The van der Waals surface area contributed by atoms with Crippen LogP contribution in [0.4, 0.5) is 0 Å². The normalized spacial score (nSPS) is 13.1. The highest BCUT2D eigenvalue weighted by atomic mass is 16.5. The van der Waals surface area contributed by atoms with Crippen LogP contribution < -0.4 is 9.47 Å². The van der Waals surface area contributed by atoms with E-state index >= 15 is 0 Å². The summed E-state index contributed by atoms with van der Waals surface area (Å²) in [5.41, 5.74) is 23.1. The van der Waals surface area contributed by atoms with Gasteiger partial charge in [-0.25, -0.2) is 29.9 Å². The average Bonchev–Trinajstić information content (AvgIpc) is 1.51. The molecule has 0 bridgehead atoms. The van der Waals surface area contributed by atoms with Gasteiger partial charge in [0.05, 0.1) is 10.8 Å². The lowest BCUT2D eigenvalue weighted by atomic mass is 9.66. The van der Waals surface area contributed by atoms with Crippen molar-refractivity contribution in [3.8, 4) is 136 Å². The molecule has 0 N–H and O–H groups in total. The van der Waals surface area contributed by atoms with Crippen LogP contribution in [0.2, 0.25) is 0 Å². The summed E-state index contributed by atoms with van der Waals surface area (Å²) in [7, 11) is 0. The molecule has 0 saturated heterocycles.